The number of ether oxygens (including phenoxy) is 1. The third-order valence-corrected chi connectivity index (χ3v) is 4.07. The zero-order chi connectivity index (χ0) is 14.5. The number of halogens is 2. The number of hydrogen-bond acceptors (Lipinski definition) is 4. The van der Waals surface area contributed by atoms with Gasteiger partial charge in [-0.1, -0.05) is 23.2 Å². The van der Waals surface area contributed by atoms with Crippen molar-refractivity contribution in [2.75, 3.05) is 44.7 Å². The van der Waals surface area contributed by atoms with Crippen molar-refractivity contribution in [3.8, 4) is 0 Å². The lowest BCUT2D eigenvalue weighted by Gasteiger charge is -2.28. The number of anilines is 1. The van der Waals surface area contributed by atoms with E-state index in [1.807, 2.05) is 13.0 Å². The minimum absolute atomic E-state index is 0.441. The lowest BCUT2D eigenvalue weighted by Crippen LogP contribution is -2.42. The molecule has 0 aromatic heterocycles. The van der Waals surface area contributed by atoms with Crippen molar-refractivity contribution in [2.45, 2.75) is 13.0 Å². The average molecular weight is 319 g/mol. The number of rotatable bonds is 5. The summed E-state index contributed by atoms with van der Waals surface area (Å²) in [4.78, 5) is 2.19. The molecule has 1 saturated heterocycles. The summed E-state index contributed by atoms with van der Waals surface area (Å²) in [5.41, 5.74) is 1.69. The Bertz CT molecular complexity index is 451. The smallest absolute Gasteiger partial charge is 0.0839 e. The molecule has 0 spiro atoms. The molecular weight excluding hydrogens is 299 g/mol. The fourth-order valence-corrected chi connectivity index (χ4v) is 2.60. The highest BCUT2D eigenvalue weighted by Crippen LogP contribution is 2.28. The van der Waals surface area contributed by atoms with E-state index in [0.29, 0.717) is 23.1 Å². The number of aryl methyl sites for hydroxylation is 1. The molecule has 0 bridgehead atoms. The Morgan fingerprint density at radius 3 is 2.70 bits per heavy atom. The van der Waals surface area contributed by atoms with E-state index in [4.69, 9.17) is 27.9 Å². The Morgan fingerprint density at radius 1 is 1.30 bits per heavy atom. The van der Waals surface area contributed by atoms with Gasteiger partial charge in [-0.05, 0) is 24.6 Å². The van der Waals surface area contributed by atoms with Crippen LogP contribution in [0.5, 0.6) is 0 Å². The number of β-amino-alcohol motifs (C(OH)–C–C–N with tert-alkyl or cyclic N) is 1. The van der Waals surface area contributed by atoms with Crippen molar-refractivity contribution in [2.24, 2.45) is 0 Å². The van der Waals surface area contributed by atoms with Crippen LogP contribution in [-0.2, 0) is 4.74 Å². The van der Waals surface area contributed by atoms with Crippen LogP contribution in [0.2, 0.25) is 10.0 Å². The van der Waals surface area contributed by atoms with Crippen LogP contribution in [0.3, 0.4) is 0 Å². The molecule has 0 amide bonds. The fourth-order valence-electron chi connectivity index (χ4n) is 2.16. The summed E-state index contributed by atoms with van der Waals surface area (Å²) in [6.45, 7) is 6.19. The molecule has 1 atom stereocenters. The molecular formula is C14H20Cl2N2O2. The predicted octanol–water partition coefficient (Wildman–Crippen LogP) is 2.41. The van der Waals surface area contributed by atoms with Crippen LogP contribution in [-0.4, -0.2) is 55.5 Å². The minimum atomic E-state index is -0.454. The first-order chi connectivity index (χ1) is 9.56. The van der Waals surface area contributed by atoms with E-state index in [0.717, 1.165) is 37.6 Å². The van der Waals surface area contributed by atoms with Gasteiger partial charge < -0.3 is 15.2 Å². The van der Waals surface area contributed by atoms with Crippen LogP contribution in [0.4, 0.5) is 5.69 Å². The average Bonchev–Trinajstić information content (AvgIpc) is 2.42. The number of nitrogens with one attached hydrogen (secondary N) is 1. The van der Waals surface area contributed by atoms with Gasteiger partial charge in [-0.15, -0.1) is 0 Å². The summed E-state index contributed by atoms with van der Waals surface area (Å²) in [7, 11) is 0. The SMILES string of the molecule is Cc1cc(Cl)c(NCC(O)CN2CCOCC2)cc1Cl. The number of aliphatic hydroxyl groups excluding tert-OH is 1. The van der Waals surface area contributed by atoms with Gasteiger partial charge in [0, 0.05) is 31.2 Å². The first-order valence-electron chi connectivity index (χ1n) is 6.74. The second-order valence-electron chi connectivity index (χ2n) is 5.03. The van der Waals surface area contributed by atoms with Gasteiger partial charge >= 0.3 is 0 Å². The van der Waals surface area contributed by atoms with Gasteiger partial charge in [0.25, 0.3) is 0 Å². The summed E-state index contributed by atoms with van der Waals surface area (Å²) >= 11 is 12.2. The van der Waals surface area contributed by atoms with Crippen molar-refractivity contribution in [3.63, 3.8) is 0 Å². The summed E-state index contributed by atoms with van der Waals surface area (Å²) in [5.74, 6) is 0. The highest BCUT2D eigenvalue weighted by atomic mass is 35.5. The van der Waals surface area contributed by atoms with Crippen molar-refractivity contribution in [1.29, 1.82) is 0 Å². The molecule has 1 aliphatic heterocycles. The van der Waals surface area contributed by atoms with Crippen LogP contribution in [0, 0.1) is 6.92 Å². The molecule has 2 N–H and O–H groups in total. The van der Waals surface area contributed by atoms with E-state index in [1.165, 1.54) is 0 Å². The Kier molecular flexibility index (Phi) is 5.93. The second-order valence-corrected chi connectivity index (χ2v) is 5.84. The van der Waals surface area contributed by atoms with Crippen molar-refractivity contribution in [1.82, 2.24) is 4.90 Å². The molecule has 1 fully saturated rings. The molecule has 1 unspecified atom stereocenters. The monoisotopic (exact) mass is 318 g/mol. The molecule has 1 aromatic rings. The Labute approximate surface area is 129 Å². The molecule has 6 heteroatoms. The van der Waals surface area contributed by atoms with Crippen molar-refractivity contribution < 1.29 is 9.84 Å². The van der Waals surface area contributed by atoms with Gasteiger partial charge in [0.15, 0.2) is 0 Å². The number of nitrogens with zero attached hydrogens (tertiary/aromatic N) is 1. The molecule has 0 aliphatic carbocycles. The molecule has 1 aromatic carbocycles. The number of benzene rings is 1. The summed E-state index contributed by atoms with van der Waals surface area (Å²) < 4.78 is 5.28. The Balaban J connectivity index is 1.83. The molecule has 4 nitrogen and oxygen atoms in total. The van der Waals surface area contributed by atoms with E-state index in [2.05, 4.69) is 10.2 Å². The van der Waals surface area contributed by atoms with Crippen LogP contribution in [0.15, 0.2) is 12.1 Å². The molecule has 20 heavy (non-hydrogen) atoms. The lowest BCUT2D eigenvalue weighted by molar-refractivity contribution is 0.0171. The van der Waals surface area contributed by atoms with E-state index >= 15 is 0 Å². The number of hydrogen-bond donors (Lipinski definition) is 2. The van der Waals surface area contributed by atoms with Gasteiger partial charge in [0.05, 0.1) is 30.0 Å². The Morgan fingerprint density at radius 2 is 2.00 bits per heavy atom. The third-order valence-electron chi connectivity index (χ3n) is 3.35. The number of aliphatic hydroxyl groups is 1. The normalized spacial score (nSPS) is 18.0. The maximum Gasteiger partial charge on any atom is 0.0839 e. The van der Waals surface area contributed by atoms with Gasteiger partial charge in [-0.3, -0.25) is 4.90 Å². The largest absolute Gasteiger partial charge is 0.390 e. The molecule has 1 aliphatic rings. The summed E-state index contributed by atoms with van der Waals surface area (Å²) in [5, 5.41) is 14.5. The maximum absolute atomic E-state index is 10.1. The highest BCUT2D eigenvalue weighted by molar-refractivity contribution is 6.35. The summed E-state index contributed by atoms with van der Waals surface area (Å²) in [6.07, 6.45) is -0.454. The molecule has 0 saturated carbocycles. The molecule has 112 valence electrons. The van der Waals surface area contributed by atoms with Crippen LogP contribution in [0.1, 0.15) is 5.56 Å². The second kappa shape index (κ2) is 7.48. The van der Waals surface area contributed by atoms with Crippen LogP contribution < -0.4 is 5.32 Å². The maximum atomic E-state index is 10.1. The fraction of sp³-hybridized carbons (Fsp3) is 0.571. The van der Waals surface area contributed by atoms with E-state index in [9.17, 15) is 5.11 Å². The van der Waals surface area contributed by atoms with E-state index < -0.39 is 6.10 Å². The third kappa shape index (κ3) is 4.50. The topological polar surface area (TPSA) is 44.7 Å². The number of morpholine rings is 1. The zero-order valence-corrected chi connectivity index (χ0v) is 13.0. The first-order valence-corrected chi connectivity index (χ1v) is 7.49. The van der Waals surface area contributed by atoms with Crippen molar-refractivity contribution >= 4 is 28.9 Å². The first kappa shape index (κ1) is 15.9. The van der Waals surface area contributed by atoms with E-state index in [1.54, 1.807) is 6.07 Å². The van der Waals surface area contributed by atoms with Gasteiger partial charge in [0.1, 0.15) is 0 Å². The zero-order valence-electron chi connectivity index (χ0n) is 11.5. The van der Waals surface area contributed by atoms with Crippen molar-refractivity contribution in [3.05, 3.63) is 27.7 Å². The molecule has 0 radical (unpaired) electrons. The van der Waals surface area contributed by atoms with E-state index in [-0.39, 0.29) is 0 Å². The highest BCUT2D eigenvalue weighted by Gasteiger charge is 2.15. The minimum Gasteiger partial charge on any atom is -0.390 e. The molecule has 2 rings (SSSR count). The van der Waals surface area contributed by atoms with Crippen LogP contribution in [0.25, 0.3) is 0 Å². The Hall–Kier alpha value is -0.520. The summed E-state index contributed by atoms with van der Waals surface area (Å²) in [6, 6.07) is 3.61. The van der Waals surface area contributed by atoms with Gasteiger partial charge in [-0.2, -0.15) is 0 Å². The quantitative estimate of drug-likeness (QED) is 0.875. The lowest BCUT2D eigenvalue weighted by atomic mass is 10.2. The van der Waals surface area contributed by atoms with Crippen LogP contribution >= 0.6 is 23.2 Å². The predicted molar refractivity (Wildman–Crippen MR) is 83.0 cm³/mol. The van der Waals surface area contributed by atoms with Gasteiger partial charge in [0.2, 0.25) is 0 Å². The standard InChI is InChI=1S/C14H20Cl2N2O2/c1-10-6-13(16)14(7-12(10)15)17-8-11(19)9-18-2-4-20-5-3-18/h6-7,11,17,19H,2-5,8-9H2,1H3. The molecule has 1 heterocycles. The van der Waals surface area contributed by atoms with Gasteiger partial charge in [-0.25, -0.2) is 0 Å².